The molecule has 0 unspecified atom stereocenters. The summed E-state index contributed by atoms with van der Waals surface area (Å²) in [6, 6.07) is 2.18. The van der Waals surface area contributed by atoms with Gasteiger partial charge in [-0.2, -0.15) is 13.2 Å². The molecule has 0 saturated heterocycles. The van der Waals surface area contributed by atoms with Gasteiger partial charge in [-0.05, 0) is 32.4 Å². The van der Waals surface area contributed by atoms with Gasteiger partial charge in [-0.15, -0.1) is 0 Å². The molecular weight excluding hydrogens is 262 g/mol. The second-order valence-corrected chi connectivity index (χ2v) is 5.10. The highest BCUT2D eigenvalue weighted by atomic mass is 19.4. The van der Waals surface area contributed by atoms with Crippen molar-refractivity contribution >= 4 is 5.78 Å². The summed E-state index contributed by atoms with van der Waals surface area (Å²) >= 11 is 0. The van der Waals surface area contributed by atoms with Gasteiger partial charge in [0.05, 0.1) is 5.56 Å². The van der Waals surface area contributed by atoms with Crippen LogP contribution in [0, 0.1) is 5.82 Å². The summed E-state index contributed by atoms with van der Waals surface area (Å²) < 4.78 is 50.3. The van der Waals surface area contributed by atoms with E-state index in [2.05, 4.69) is 0 Å². The average molecular weight is 277 g/mol. The second kappa shape index (κ2) is 5.28. The Balaban J connectivity index is 2.87. The van der Waals surface area contributed by atoms with E-state index in [0.29, 0.717) is 18.6 Å². The van der Waals surface area contributed by atoms with Crippen molar-refractivity contribution in [3.63, 3.8) is 0 Å². The first-order chi connectivity index (χ1) is 8.50. The first-order valence-electron chi connectivity index (χ1n) is 5.69. The Kier molecular flexibility index (Phi) is 4.35. The van der Waals surface area contributed by atoms with Crippen molar-refractivity contribution in [2.75, 3.05) is 0 Å². The monoisotopic (exact) mass is 277 g/mol. The summed E-state index contributed by atoms with van der Waals surface area (Å²) in [5, 5.41) is 0. The molecule has 0 atom stereocenters. The number of hydrogen-bond acceptors (Lipinski definition) is 2. The molecule has 6 heteroatoms. The maximum atomic E-state index is 13.3. The number of Topliss-reactive ketones (excluding diaryl/α,β-unsaturated/α-hetero) is 1. The number of carbonyl (C=O) groups excluding carboxylic acids is 1. The highest BCUT2D eigenvalue weighted by Gasteiger charge is 2.34. The fourth-order valence-corrected chi connectivity index (χ4v) is 1.50. The lowest BCUT2D eigenvalue weighted by Gasteiger charge is -2.17. The van der Waals surface area contributed by atoms with Crippen LogP contribution >= 0.6 is 0 Å². The Labute approximate surface area is 108 Å². The molecule has 0 saturated carbocycles. The normalized spacial score (nSPS) is 12.6. The molecule has 0 radical (unpaired) electrons. The van der Waals surface area contributed by atoms with Crippen LogP contribution in [0.15, 0.2) is 18.2 Å². The van der Waals surface area contributed by atoms with Crippen LogP contribution < -0.4 is 5.73 Å². The van der Waals surface area contributed by atoms with E-state index in [0.717, 1.165) is 6.07 Å². The van der Waals surface area contributed by atoms with Crippen LogP contribution in [-0.4, -0.2) is 11.3 Å². The molecule has 0 aliphatic rings. The smallest absolute Gasteiger partial charge is 0.326 e. The van der Waals surface area contributed by atoms with Gasteiger partial charge in [0.15, 0.2) is 5.78 Å². The van der Waals surface area contributed by atoms with E-state index in [9.17, 15) is 22.4 Å². The number of carbonyl (C=O) groups is 1. The van der Waals surface area contributed by atoms with Crippen molar-refractivity contribution in [3.8, 4) is 0 Å². The standard InChI is InChI=1S/C13H15F4NO/c1-12(2,18)6-5-11(19)8-3-4-9(10(14)7-8)13(15,16)17/h3-4,7H,5-6,18H2,1-2H3. The van der Waals surface area contributed by atoms with E-state index in [1.54, 1.807) is 13.8 Å². The summed E-state index contributed by atoms with van der Waals surface area (Å²) in [4.78, 5) is 11.7. The van der Waals surface area contributed by atoms with E-state index < -0.39 is 28.9 Å². The van der Waals surface area contributed by atoms with Crippen molar-refractivity contribution in [3.05, 3.63) is 35.1 Å². The van der Waals surface area contributed by atoms with Crippen molar-refractivity contribution in [1.82, 2.24) is 0 Å². The third-order valence-electron chi connectivity index (χ3n) is 2.59. The van der Waals surface area contributed by atoms with Gasteiger partial charge in [0, 0.05) is 17.5 Å². The third kappa shape index (κ3) is 4.63. The second-order valence-electron chi connectivity index (χ2n) is 5.10. The van der Waals surface area contributed by atoms with Gasteiger partial charge in [-0.25, -0.2) is 4.39 Å². The first-order valence-corrected chi connectivity index (χ1v) is 5.69. The Bertz CT molecular complexity index is 475. The molecule has 1 aromatic carbocycles. The highest BCUT2D eigenvalue weighted by molar-refractivity contribution is 5.96. The molecule has 1 aromatic rings. The minimum absolute atomic E-state index is 0.0638. The summed E-state index contributed by atoms with van der Waals surface area (Å²) in [5.41, 5.74) is 3.70. The molecule has 0 aromatic heterocycles. The van der Waals surface area contributed by atoms with E-state index >= 15 is 0 Å². The molecule has 0 spiro atoms. The Hall–Kier alpha value is -1.43. The van der Waals surface area contributed by atoms with Gasteiger partial charge >= 0.3 is 6.18 Å². The van der Waals surface area contributed by atoms with E-state index in [1.807, 2.05) is 0 Å². The topological polar surface area (TPSA) is 43.1 Å². The molecule has 1 rings (SSSR count). The number of benzene rings is 1. The molecule has 0 aliphatic heterocycles. The fourth-order valence-electron chi connectivity index (χ4n) is 1.50. The van der Waals surface area contributed by atoms with Gasteiger partial charge in [0.1, 0.15) is 5.82 Å². The molecule has 19 heavy (non-hydrogen) atoms. The summed E-state index contributed by atoms with van der Waals surface area (Å²) in [6.45, 7) is 3.46. The molecule has 0 fully saturated rings. The van der Waals surface area contributed by atoms with Crippen LogP contribution in [-0.2, 0) is 6.18 Å². The molecule has 0 amide bonds. The fraction of sp³-hybridized carbons (Fsp3) is 0.462. The zero-order chi connectivity index (χ0) is 14.8. The predicted molar refractivity (Wildman–Crippen MR) is 63.2 cm³/mol. The summed E-state index contributed by atoms with van der Waals surface area (Å²) in [5.74, 6) is -1.86. The maximum Gasteiger partial charge on any atom is 0.419 e. The van der Waals surface area contributed by atoms with Crippen LogP contribution in [0.3, 0.4) is 0 Å². The largest absolute Gasteiger partial charge is 0.419 e. The lowest BCUT2D eigenvalue weighted by Crippen LogP contribution is -2.32. The molecular formula is C13H15F4NO. The number of alkyl halides is 3. The molecule has 0 bridgehead atoms. The van der Waals surface area contributed by atoms with E-state index in [4.69, 9.17) is 5.73 Å². The zero-order valence-corrected chi connectivity index (χ0v) is 10.6. The SMILES string of the molecule is CC(C)(N)CCC(=O)c1ccc(C(F)(F)F)c(F)c1. The lowest BCUT2D eigenvalue weighted by atomic mass is 9.95. The Morgan fingerprint density at radius 1 is 1.26 bits per heavy atom. The van der Waals surface area contributed by atoms with Gasteiger partial charge in [0.2, 0.25) is 0 Å². The van der Waals surface area contributed by atoms with Gasteiger partial charge in [0.25, 0.3) is 0 Å². The van der Waals surface area contributed by atoms with Gasteiger partial charge in [-0.1, -0.05) is 6.07 Å². The third-order valence-corrected chi connectivity index (χ3v) is 2.59. The Morgan fingerprint density at radius 3 is 2.26 bits per heavy atom. The van der Waals surface area contributed by atoms with Crippen LogP contribution in [0.1, 0.15) is 42.6 Å². The number of nitrogens with two attached hydrogens (primary N) is 1. The quantitative estimate of drug-likeness (QED) is 0.675. The Morgan fingerprint density at radius 2 is 1.84 bits per heavy atom. The first kappa shape index (κ1) is 15.6. The maximum absolute atomic E-state index is 13.3. The van der Waals surface area contributed by atoms with Gasteiger partial charge in [-0.3, -0.25) is 4.79 Å². The van der Waals surface area contributed by atoms with Crippen molar-refractivity contribution in [2.45, 2.75) is 38.4 Å². The van der Waals surface area contributed by atoms with Gasteiger partial charge < -0.3 is 5.73 Å². The molecule has 2 nitrogen and oxygen atoms in total. The zero-order valence-electron chi connectivity index (χ0n) is 10.6. The summed E-state index contributed by atoms with van der Waals surface area (Å²) in [6.07, 6.45) is -4.33. The lowest BCUT2D eigenvalue weighted by molar-refractivity contribution is -0.140. The minimum Gasteiger partial charge on any atom is -0.326 e. The number of halogens is 4. The van der Waals surface area contributed by atoms with Crippen molar-refractivity contribution < 1.29 is 22.4 Å². The van der Waals surface area contributed by atoms with Crippen LogP contribution in [0.25, 0.3) is 0 Å². The number of ketones is 1. The van der Waals surface area contributed by atoms with Crippen LogP contribution in [0.2, 0.25) is 0 Å². The van der Waals surface area contributed by atoms with Crippen molar-refractivity contribution in [1.29, 1.82) is 0 Å². The van der Waals surface area contributed by atoms with Crippen LogP contribution in [0.4, 0.5) is 17.6 Å². The summed E-state index contributed by atoms with van der Waals surface area (Å²) in [7, 11) is 0. The highest BCUT2D eigenvalue weighted by Crippen LogP contribution is 2.31. The van der Waals surface area contributed by atoms with E-state index in [1.165, 1.54) is 0 Å². The average Bonchev–Trinajstić information content (AvgIpc) is 2.22. The molecule has 0 heterocycles. The predicted octanol–water partition coefficient (Wildman–Crippen LogP) is 3.54. The van der Waals surface area contributed by atoms with Crippen LogP contribution in [0.5, 0.6) is 0 Å². The molecule has 106 valence electrons. The minimum atomic E-state index is -4.76. The van der Waals surface area contributed by atoms with Crippen molar-refractivity contribution in [2.24, 2.45) is 5.73 Å². The number of hydrogen-bond donors (Lipinski definition) is 1. The van der Waals surface area contributed by atoms with E-state index in [-0.39, 0.29) is 12.0 Å². The number of rotatable bonds is 4. The molecule has 0 aliphatic carbocycles. The molecule has 2 N–H and O–H groups in total.